The summed E-state index contributed by atoms with van der Waals surface area (Å²) in [5.41, 5.74) is 2.42. The number of benzene rings is 2. The molecule has 0 bridgehead atoms. The summed E-state index contributed by atoms with van der Waals surface area (Å²) in [7, 11) is 0. The fraction of sp³-hybridized carbons (Fsp3) is 0.559. The second kappa shape index (κ2) is 20.6. The van der Waals surface area contributed by atoms with Gasteiger partial charge in [-0.3, -0.25) is 0 Å². The van der Waals surface area contributed by atoms with Crippen molar-refractivity contribution in [3.8, 4) is 0 Å². The van der Waals surface area contributed by atoms with Crippen LogP contribution >= 0.6 is 23.2 Å². The maximum atomic E-state index is 6.16. The van der Waals surface area contributed by atoms with E-state index in [4.69, 9.17) is 23.2 Å². The van der Waals surface area contributed by atoms with Crippen LogP contribution in [0.3, 0.4) is 0 Å². The van der Waals surface area contributed by atoms with Crippen LogP contribution < -0.4 is 21.5 Å². The molecule has 0 N–H and O–H groups in total. The molecule has 5 heteroatoms. The van der Waals surface area contributed by atoms with Gasteiger partial charge in [0.1, 0.15) is 12.4 Å². The Morgan fingerprint density at radius 3 is 1.38 bits per heavy atom. The third-order valence-electron chi connectivity index (χ3n) is 7.65. The number of halogens is 3. The Labute approximate surface area is 258 Å². The highest BCUT2D eigenvalue weighted by atomic mass is 79.9. The van der Waals surface area contributed by atoms with Crippen molar-refractivity contribution in [2.24, 2.45) is 0 Å². The SMILES string of the molecule is CCCCCCCCCCCCCCCCCC[n+]1ccn(C(c2ccc(Cl)cc2)c2ccc(Cl)cc2)c1.[Br-]. The molecule has 0 spiro atoms. The Morgan fingerprint density at radius 1 is 0.590 bits per heavy atom. The number of rotatable bonds is 20. The molecule has 216 valence electrons. The molecule has 2 nitrogen and oxygen atoms in total. The van der Waals surface area contributed by atoms with Crippen LogP contribution in [-0.2, 0) is 6.54 Å². The molecule has 0 atom stereocenters. The highest BCUT2D eigenvalue weighted by molar-refractivity contribution is 6.30. The van der Waals surface area contributed by atoms with Gasteiger partial charge in [-0.2, -0.15) is 0 Å². The highest BCUT2D eigenvalue weighted by Gasteiger charge is 2.21. The fourth-order valence-corrected chi connectivity index (χ4v) is 5.62. The molecule has 3 aromatic rings. The second-order valence-electron chi connectivity index (χ2n) is 10.9. The Balaban J connectivity index is 0.00000533. The number of imidazole rings is 1. The van der Waals surface area contributed by atoms with Crippen molar-refractivity contribution in [3.05, 3.63) is 88.4 Å². The quantitative estimate of drug-likeness (QED) is 0.0879. The summed E-state index contributed by atoms with van der Waals surface area (Å²) in [6.45, 7) is 3.36. The lowest BCUT2D eigenvalue weighted by Crippen LogP contribution is -3.00. The van der Waals surface area contributed by atoms with Gasteiger partial charge < -0.3 is 17.0 Å². The van der Waals surface area contributed by atoms with Gasteiger partial charge in [0.2, 0.25) is 6.33 Å². The van der Waals surface area contributed by atoms with E-state index in [0.29, 0.717) is 0 Å². The Bertz CT molecular complexity index is 955. The molecular formula is C34H49BrCl2N2. The number of hydrogen-bond donors (Lipinski definition) is 0. The van der Waals surface area contributed by atoms with Crippen LogP contribution in [0.2, 0.25) is 10.0 Å². The van der Waals surface area contributed by atoms with Gasteiger partial charge in [-0.1, -0.05) is 144 Å². The van der Waals surface area contributed by atoms with E-state index in [0.717, 1.165) is 16.6 Å². The van der Waals surface area contributed by atoms with E-state index < -0.39 is 0 Å². The summed E-state index contributed by atoms with van der Waals surface area (Å²) in [5.74, 6) is 0. The van der Waals surface area contributed by atoms with Crippen molar-refractivity contribution in [2.75, 3.05) is 0 Å². The molecule has 0 aliphatic heterocycles. The Hall–Kier alpha value is -1.29. The predicted octanol–water partition coefficient (Wildman–Crippen LogP) is 7.99. The third-order valence-corrected chi connectivity index (χ3v) is 8.16. The molecule has 0 aliphatic carbocycles. The van der Waals surface area contributed by atoms with Crippen molar-refractivity contribution in [1.29, 1.82) is 0 Å². The van der Waals surface area contributed by atoms with Gasteiger partial charge in [-0.25, -0.2) is 9.13 Å². The van der Waals surface area contributed by atoms with Gasteiger partial charge >= 0.3 is 0 Å². The summed E-state index contributed by atoms with van der Waals surface area (Å²) < 4.78 is 4.61. The van der Waals surface area contributed by atoms with E-state index in [-0.39, 0.29) is 23.0 Å². The van der Waals surface area contributed by atoms with Crippen LogP contribution in [0.15, 0.2) is 67.3 Å². The molecule has 0 unspecified atom stereocenters. The van der Waals surface area contributed by atoms with Gasteiger partial charge in [0, 0.05) is 21.2 Å². The average molecular weight is 637 g/mol. The van der Waals surface area contributed by atoms with Crippen molar-refractivity contribution in [1.82, 2.24) is 4.57 Å². The summed E-state index contributed by atoms with van der Waals surface area (Å²) in [6.07, 6.45) is 29.1. The van der Waals surface area contributed by atoms with E-state index in [1.54, 1.807) is 0 Å². The molecule has 39 heavy (non-hydrogen) atoms. The summed E-state index contributed by atoms with van der Waals surface area (Å²) >= 11 is 12.3. The van der Waals surface area contributed by atoms with Crippen LogP contribution in [0.1, 0.15) is 127 Å². The third kappa shape index (κ3) is 13.3. The molecule has 3 rings (SSSR count). The number of aromatic nitrogens is 2. The van der Waals surface area contributed by atoms with Gasteiger partial charge in [-0.05, 0) is 37.1 Å². The minimum atomic E-state index is 0. The van der Waals surface area contributed by atoms with E-state index in [1.165, 1.54) is 114 Å². The lowest BCUT2D eigenvalue weighted by atomic mass is 9.98. The van der Waals surface area contributed by atoms with E-state index in [2.05, 4.69) is 59.0 Å². The van der Waals surface area contributed by atoms with Crippen molar-refractivity contribution < 1.29 is 21.5 Å². The zero-order valence-electron chi connectivity index (χ0n) is 24.0. The molecule has 0 amide bonds. The molecule has 0 saturated carbocycles. The molecule has 0 aliphatic rings. The van der Waals surface area contributed by atoms with Crippen LogP contribution in [0, 0.1) is 0 Å². The van der Waals surface area contributed by atoms with Crippen LogP contribution in [0.4, 0.5) is 0 Å². The molecule has 0 fully saturated rings. The Kier molecular flexibility index (Phi) is 17.9. The van der Waals surface area contributed by atoms with Crippen LogP contribution in [0.25, 0.3) is 0 Å². The highest BCUT2D eigenvalue weighted by Crippen LogP contribution is 2.28. The topological polar surface area (TPSA) is 8.81 Å². The first-order valence-corrected chi connectivity index (χ1v) is 16.0. The molecule has 1 aromatic heterocycles. The zero-order chi connectivity index (χ0) is 26.8. The normalized spacial score (nSPS) is 11.2. The molecule has 1 heterocycles. The fourth-order valence-electron chi connectivity index (χ4n) is 5.37. The monoisotopic (exact) mass is 634 g/mol. The first kappa shape index (κ1) is 33.9. The maximum absolute atomic E-state index is 6.16. The Morgan fingerprint density at radius 2 is 0.974 bits per heavy atom. The van der Waals surface area contributed by atoms with Gasteiger partial charge in [-0.15, -0.1) is 0 Å². The smallest absolute Gasteiger partial charge is 0.244 e. The number of aryl methyl sites for hydroxylation is 1. The van der Waals surface area contributed by atoms with Crippen molar-refractivity contribution in [3.63, 3.8) is 0 Å². The van der Waals surface area contributed by atoms with Gasteiger partial charge in [0.15, 0.2) is 6.04 Å². The molecule has 0 radical (unpaired) electrons. The van der Waals surface area contributed by atoms with Crippen LogP contribution in [0.5, 0.6) is 0 Å². The van der Waals surface area contributed by atoms with Crippen molar-refractivity contribution >= 4 is 23.2 Å². The summed E-state index contributed by atoms with van der Waals surface area (Å²) in [6, 6.07) is 16.4. The molecular weight excluding hydrogens is 587 g/mol. The summed E-state index contributed by atoms with van der Waals surface area (Å²) in [4.78, 5) is 0. The lowest BCUT2D eigenvalue weighted by molar-refractivity contribution is -0.697. The van der Waals surface area contributed by atoms with Crippen molar-refractivity contribution in [2.45, 2.75) is 122 Å². The van der Waals surface area contributed by atoms with E-state index >= 15 is 0 Å². The van der Waals surface area contributed by atoms with E-state index in [9.17, 15) is 0 Å². The standard InChI is InChI=1S/C34H49Cl2N2.BrH/c1-2-3-4-5-6-7-8-9-10-11-12-13-14-15-16-17-26-37-27-28-38(29-37)34(30-18-22-32(35)23-19-30)31-20-24-33(36)25-21-31;/h18-25,27-29,34H,2-17,26H2,1H3;1H/q+1;/p-1. The molecule has 2 aromatic carbocycles. The maximum Gasteiger partial charge on any atom is 0.244 e. The lowest BCUT2D eigenvalue weighted by Gasteiger charge is -2.15. The predicted molar refractivity (Wildman–Crippen MR) is 164 cm³/mol. The first-order chi connectivity index (χ1) is 18.7. The average Bonchev–Trinajstić information content (AvgIpc) is 3.39. The zero-order valence-corrected chi connectivity index (χ0v) is 27.1. The number of nitrogens with zero attached hydrogens (tertiary/aromatic N) is 2. The number of hydrogen-bond acceptors (Lipinski definition) is 0. The second-order valence-corrected chi connectivity index (χ2v) is 11.8. The number of unbranched alkanes of at least 4 members (excludes halogenated alkanes) is 15. The largest absolute Gasteiger partial charge is 1.00 e. The van der Waals surface area contributed by atoms with E-state index in [1.807, 2.05) is 24.3 Å². The minimum absolute atomic E-state index is 0. The van der Waals surface area contributed by atoms with Gasteiger partial charge in [0.05, 0.1) is 6.54 Å². The first-order valence-electron chi connectivity index (χ1n) is 15.2. The van der Waals surface area contributed by atoms with Crippen LogP contribution in [-0.4, -0.2) is 4.57 Å². The minimum Gasteiger partial charge on any atom is -1.00 e. The summed E-state index contributed by atoms with van der Waals surface area (Å²) in [5, 5.41) is 1.52. The van der Waals surface area contributed by atoms with Gasteiger partial charge in [0.25, 0.3) is 0 Å². The molecule has 0 saturated heterocycles.